The number of piperidine rings is 2. The Bertz CT molecular complexity index is 1750. The summed E-state index contributed by atoms with van der Waals surface area (Å²) in [5.41, 5.74) is 4.39. The van der Waals surface area contributed by atoms with Gasteiger partial charge in [0.15, 0.2) is 0 Å². The summed E-state index contributed by atoms with van der Waals surface area (Å²) in [6.07, 6.45) is 13.5. The number of rotatable bonds is 10. The Labute approximate surface area is 297 Å². The van der Waals surface area contributed by atoms with Crippen LogP contribution >= 0.6 is 0 Å². The number of benzene rings is 3. The lowest BCUT2D eigenvalue weighted by Gasteiger charge is -2.48. The monoisotopic (exact) mass is 676 g/mol. The quantitative estimate of drug-likeness (QED) is 0.157. The van der Waals surface area contributed by atoms with Crippen molar-refractivity contribution in [3.63, 3.8) is 0 Å². The number of likely N-dealkylation sites (tertiary alicyclic amines) is 1. The zero-order valence-corrected chi connectivity index (χ0v) is 29.7. The van der Waals surface area contributed by atoms with Gasteiger partial charge in [0.2, 0.25) is 0 Å². The Balaban J connectivity index is 0.980. The maximum Gasteiger partial charge on any atom is 0.323 e. The number of aromatic nitrogens is 2. The van der Waals surface area contributed by atoms with Crippen molar-refractivity contribution in [1.82, 2.24) is 19.4 Å². The molecule has 8 rings (SSSR count). The number of imidazole rings is 1. The summed E-state index contributed by atoms with van der Waals surface area (Å²) in [6.45, 7) is 5.18. The second-order valence-electron chi connectivity index (χ2n) is 15.8. The van der Waals surface area contributed by atoms with Crippen LogP contribution in [0.5, 0.6) is 0 Å². The van der Waals surface area contributed by atoms with Gasteiger partial charge >= 0.3 is 5.97 Å². The summed E-state index contributed by atoms with van der Waals surface area (Å²) in [7, 11) is 0. The number of nitrogens with zero attached hydrogens (tertiary/aromatic N) is 4. The molecular formula is C43H53FN4O2. The van der Waals surface area contributed by atoms with E-state index in [0.717, 1.165) is 87.0 Å². The van der Waals surface area contributed by atoms with Gasteiger partial charge in [0.25, 0.3) is 0 Å². The maximum absolute atomic E-state index is 14.8. The highest BCUT2D eigenvalue weighted by atomic mass is 19.1. The smallest absolute Gasteiger partial charge is 0.323 e. The number of para-hydroxylation sites is 2. The van der Waals surface area contributed by atoms with Crippen molar-refractivity contribution < 1.29 is 13.9 Å². The molecule has 1 aromatic heterocycles. The molecule has 0 radical (unpaired) electrons. The van der Waals surface area contributed by atoms with Crippen LogP contribution < -0.4 is 0 Å². The fourth-order valence-electron chi connectivity index (χ4n) is 10.4. The van der Waals surface area contributed by atoms with Crippen molar-refractivity contribution in [2.75, 3.05) is 19.6 Å². The van der Waals surface area contributed by atoms with Crippen molar-refractivity contribution in [3.8, 4) is 0 Å². The van der Waals surface area contributed by atoms with Gasteiger partial charge in [-0.15, -0.1) is 0 Å². The van der Waals surface area contributed by atoms with E-state index in [2.05, 4.69) is 51.6 Å². The lowest BCUT2D eigenvalue weighted by atomic mass is 9.69. The summed E-state index contributed by atoms with van der Waals surface area (Å²) < 4.78 is 23.4. The molecule has 3 unspecified atom stereocenters. The minimum atomic E-state index is -0.206. The van der Waals surface area contributed by atoms with E-state index in [-0.39, 0.29) is 23.2 Å². The Hall–Kier alpha value is -3.55. The third kappa shape index (κ3) is 6.76. The van der Waals surface area contributed by atoms with E-state index in [1.54, 1.807) is 12.1 Å². The van der Waals surface area contributed by atoms with Crippen LogP contribution in [0.2, 0.25) is 0 Å². The number of hydrogen-bond donors (Lipinski definition) is 0. The largest absolute Gasteiger partial charge is 0.460 e. The highest BCUT2D eigenvalue weighted by molar-refractivity contribution is 5.76. The fourth-order valence-corrected chi connectivity index (χ4v) is 10.4. The van der Waals surface area contributed by atoms with Crippen LogP contribution in [0.3, 0.4) is 0 Å². The van der Waals surface area contributed by atoms with Crippen molar-refractivity contribution in [1.29, 1.82) is 0 Å². The van der Waals surface area contributed by atoms with Crippen LogP contribution in [-0.2, 0) is 21.6 Å². The molecule has 50 heavy (non-hydrogen) atoms. The number of esters is 1. The summed E-state index contributed by atoms with van der Waals surface area (Å²) >= 11 is 0. The van der Waals surface area contributed by atoms with Crippen LogP contribution in [0.25, 0.3) is 11.0 Å². The first-order valence-corrected chi connectivity index (χ1v) is 19.4. The van der Waals surface area contributed by atoms with Gasteiger partial charge < -0.3 is 9.30 Å². The molecule has 2 bridgehead atoms. The second kappa shape index (κ2) is 14.6. The van der Waals surface area contributed by atoms with Crippen LogP contribution in [-0.4, -0.2) is 63.1 Å². The minimum absolute atomic E-state index is 0.0700. The standard InChI is InChI=1S/C43H53FN4O2/c1-31-45-39-17-8-9-18-40(39)48(31)38-28-36-19-20-37(29-38)47(36)26-23-43(34-15-10-16-35(44)27-34)21-24-46(25-22-43)41(33-13-6-3-7-14-33)42(49)50-30-32-11-4-2-5-12-32/h2,4-5,8-12,15-18,27,33,36-38,41H,3,6-7,13-14,19-26,28-30H2,1H3. The number of ether oxygens (including phenoxy) is 1. The maximum atomic E-state index is 14.8. The first-order valence-electron chi connectivity index (χ1n) is 19.4. The third-order valence-corrected chi connectivity index (χ3v) is 13.0. The Morgan fingerprint density at radius 3 is 2.34 bits per heavy atom. The Kier molecular flexibility index (Phi) is 9.80. The molecule has 0 N–H and O–H groups in total. The lowest BCUT2D eigenvalue weighted by Crippen LogP contribution is -2.54. The molecule has 4 fully saturated rings. The number of hydrogen-bond acceptors (Lipinski definition) is 5. The van der Waals surface area contributed by atoms with E-state index in [4.69, 9.17) is 9.72 Å². The molecule has 3 saturated heterocycles. The molecular weight excluding hydrogens is 623 g/mol. The molecule has 3 atom stereocenters. The molecule has 0 spiro atoms. The predicted octanol–water partition coefficient (Wildman–Crippen LogP) is 8.77. The first-order chi connectivity index (χ1) is 24.5. The molecule has 3 aromatic carbocycles. The summed E-state index contributed by atoms with van der Waals surface area (Å²) in [6, 6.07) is 27.4. The fraction of sp³-hybridized carbons (Fsp3) is 0.535. The topological polar surface area (TPSA) is 50.6 Å². The lowest BCUT2D eigenvalue weighted by molar-refractivity contribution is -0.155. The van der Waals surface area contributed by atoms with E-state index in [1.165, 1.54) is 37.6 Å². The Morgan fingerprint density at radius 2 is 1.60 bits per heavy atom. The normalized spacial score (nSPS) is 25.1. The van der Waals surface area contributed by atoms with Crippen molar-refractivity contribution in [3.05, 3.63) is 102 Å². The van der Waals surface area contributed by atoms with E-state index in [0.29, 0.717) is 30.7 Å². The highest BCUT2D eigenvalue weighted by Gasteiger charge is 2.46. The molecule has 1 saturated carbocycles. The highest BCUT2D eigenvalue weighted by Crippen LogP contribution is 2.46. The van der Waals surface area contributed by atoms with Crippen LogP contribution in [0.4, 0.5) is 4.39 Å². The average molecular weight is 677 g/mol. The van der Waals surface area contributed by atoms with Crippen molar-refractivity contribution in [2.24, 2.45) is 5.92 Å². The van der Waals surface area contributed by atoms with Gasteiger partial charge in [-0.3, -0.25) is 14.6 Å². The van der Waals surface area contributed by atoms with Gasteiger partial charge in [-0.25, -0.2) is 9.37 Å². The summed E-state index contributed by atoms with van der Waals surface area (Å²) in [4.78, 5) is 24.0. The van der Waals surface area contributed by atoms with Gasteiger partial charge in [0.1, 0.15) is 24.3 Å². The van der Waals surface area contributed by atoms with Crippen molar-refractivity contribution in [2.45, 2.75) is 120 Å². The third-order valence-electron chi connectivity index (χ3n) is 13.0. The van der Waals surface area contributed by atoms with Crippen molar-refractivity contribution >= 4 is 17.0 Å². The number of fused-ring (bicyclic) bond motifs is 3. The molecule has 6 nitrogen and oxygen atoms in total. The number of aryl methyl sites for hydroxylation is 1. The second-order valence-corrected chi connectivity index (χ2v) is 15.8. The van der Waals surface area contributed by atoms with Gasteiger partial charge in [-0.2, -0.15) is 0 Å². The molecule has 1 aliphatic carbocycles. The van der Waals surface area contributed by atoms with E-state index in [1.807, 2.05) is 36.4 Å². The summed E-state index contributed by atoms with van der Waals surface area (Å²) in [5.74, 6) is 1.23. The van der Waals surface area contributed by atoms with E-state index in [9.17, 15) is 9.18 Å². The molecule has 4 heterocycles. The average Bonchev–Trinajstić information content (AvgIpc) is 3.61. The number of halogens is 1. The van der Waals surface area contributed by atoms with Crippen LogP contribution in [0.1, 0.15) is 100 Å². The van der Waals surface area contributed by atoms with E-state index < -0.39 is 0 Å². The molecule has 3 aliphatic heterocycles. The van der Waals surface area contributed by atoms with Crippen LogP contribution in [0.15, 0.2) is 78.9 Å². The van der Waals surface area contributed by atoms with Gasteiger partial charge in [0, 0.05) is 18.1 Å². The molecule has 0 amide bonds. The van der Waals surface area contributed by atoms with Gasteiger partial charge in [-0.05, 0) is 131 Å². The first kappa shape index (κ1) is 33.6. The number of carbonyl (C=O) groups is 1. The predicted molar refractivity (Wildman–Crippen MR) is 196 cm³/mol. The van der Waals surface area contributed by atoms with Crippen LogP contribution in [0, 0.1) is 18.7 Å². The van der Waals surface area contributed by atoms with E-state index >= 15 is 0 Å². The number of carbonyl (C=O) groups excluding carboxylic acids is 1. The minimum Gasteiger partial charge on any atom is -0.460 e. The van der Waals surface area contributed by atoms with Gasteiger partial charge in [0.05, 0.1) is 11.0 Å². The Morgan fingerprint density at radius 1 is 0.880 bits per heavy atom. The molecule has 4 aromatic rings. The zero-order chi connectivity index (χ0) is 34.1. The van der Waals surface area contributed by atoms with Gasteiger partial charge in [-0.1, -0.05) is 73.9 Å². The molecule has 7 heteroatoms. The summed E-state index contributed by atoms with van der Waals surface area (Å²) in [5, 5.41) is 0. The molecule has 4 aliphatic rings. The zero-order valence-electron chi connectivity index (χ0n) is 29.7. The molecule has 264 valence electrons. The SMILES string of the molecule is Cc1nc2ccccc2n1C1CC2CCC(C1)N2CCC1(c2cccc(F)c2)CCN(C(C(=O)OCc2ccccc2)C2CCCCC2)CC1.